The maximum Gasteiger partial charge on any atom is 0.0862 e. The Bertz CT molecular complexity index is 280. The number of aromatic nitrogens is 2. The van der Waals surface area contributed by atoms with E-state index in [1.807, 2.05) is 12.3 Å². The molecule has 1 aliphatic heterocycles. The molecule has 2 rings (SSSR count). The number of aliphatic hydroxyl groups excluding tert-OH is 1. The van der Waals surface area contributed by atoms with Crippen molar-refractivity contribution in [3.8, 4) is 0 Å². The van der Waals surface area contributed by atoms with Crippen LogP contribution in [0.3, 0.4) is 0 Å². The number of hydrogen-bond acceptors (Lipinski definition) is 4. The molecular formula is C11H20N4O. The molecule has 16 heavy (non-hydrogen) atoms. The first-order chi connectivity index (χ1) is 7.84. The van der Waals surface area contributed by atoms with Crippen LogP contribution in [-0.2, 0) is 6.54 Å². The Hall–Kier alpha value is -0.910. The molecule has 0 spiro atoms. The topological polar surface area (TPSA) is 53.3 Å². The van der Waals surface area contributed by atoms with E-state index in [-0.39, 0.29) is 6.10 Å². The molecule has 1 saturated heterocycles. The van der Waals surface area contributed by atoms with Gasteiger partial charge in [0.15, 0.2) is 0 Å². The molecule has 1 unspecified atom stereocenters. The zero-order valence-corrected chi connectivity index (χ0v) is 9.55. The monoisotopic (exact) mass is 224 g/mol. The standard InChI is InChI=1S/C11H20N4O/c16-11(10-15-7-2-4-13-15)9-14-6-1-3-12-5-8-14/h2,4,7,11-12,16H,1,3,5-6,8-10H2. The third kappa shape index (κ3) is 3.59. The van der Waals surface area contributed by atoms with Crippen LogP contribution in [0.1, 0.15) is 6.42 Å². The summed E-state index contributed by atoms with van der Waals surface area (Å²) in [7, 11) is 0. The molecule has 1 aliphatic rings. The Balaban J connectivity index is 1.75. The molecule has 0 aromatic carbocycles. The van der Waals surface area contributed by atoms with Crippen molar-refractivity contribution in [2.24, 2.45) is 0 Å². The van der Waals surface area contributed by atoms with Gasteiger partial charge in [0.2, 0.25) is 0 Å². The van der Waals surface area contributed by atoms with Crippen molar-refractivity contribution < 1.29 is 5.11 Å². The molecular weight excluding hydrogens is 204 g/mol. The minimum Gasteiger partial charge on any atom is -0.390 e. The normalized spacial score (nSPS) is 20.6. The summed E-state index contributed by atoms with van der Waals surface area (Å²) >= 11 is 0. The van der Waals surface area contributed by atoms with E-state index < -0.39 is 0 Å². The first-order valence-corrected chi connectivity index (χ1v) is 5.93. The highest BCUT2D eigenvalue weighted by Crippen LogP contribution is 1.99. The van der Waals surface area contributed by atoms with Crippen molar-refractivity contribution in [1.29, 1.82) is 0 Å². The van der Waals surface area contributed by atoms with E-state index in [1.165, 1.54) is 0 Å². The second-order valence-corrected chi connectivity index (χ2v) is 4.29. The van der Waals surface area contributed by atoms with Crippen LogP contribution in [0.2, 0.25) is 0 Å². The van der Waals surface area contributed by atoms with Gasteiger partial charge >= 0.3 is 0 Å². The lowest BCUT2D eigenvalue weighted by atomic mass is 10.3. The lowest BCUT2D eigenvalue weighted by Crippen LogP contribution is -2.37. The summed E-state index contributed by atoms with van der Waals surface area (Å²) in [5.41, 5.74) is 0. The Labute approximate surface area is 96.1 Å². The largest absolute Gasteiger partial charge is 0.390 e. The van der Waals surface area contributed by atoms with E-state index >= 15 is 0 Å². The van der Waals surface area contributed by atoms with Crippen LogP contribution in [0, 0.1) is 0 Å². The summed E-state index contributed by atoms with van der Waals surface area (Å²) in [5.74, 6) is 0. The van der Waals surface area contributed by atoms with Crippen LogP contribution in [0.5, 0.6) is 0 Å². The molecule has 5 heteroatoms. The van der Waals surface area contributed by atoms with Gasteiger partial charge in [-0.25, -0.2) is 0 Å². The van der Waals surface area contributed by atoms with Gasteiger partial charge in [-0.1, -0.05) is 0 Å². The average molecular weight is 224 g/mol. The predicted octanol–water partition coefficient (Wildman–Crippen LogP) is -0.461. The zero-order chi connectivity index (χ0) is 11.2. The number of β-amino-alcohol motifs (C(OH)–C–C–N with tert-alkyl or cyclic N) is 1. The maximum atomic E-state index is 9.94. The van der Waals surface area contributed by atoms with Gasteiger partial charge in [0, 0.05) is 32.0 Å². The number of nitrogens with zero attached hydrogens (tertiary/aromatic N) is 3. The Morgan fingerprint density at radius 1 is 1.31 bits per heavy atom. The SMILES string of the molecule is OC(CN1CCCNCC1)Cn1cccn1. The number of nitrogens with one attached hydrogen (secondary N) is 1. The average Bonchev–Trinajstić information content (AvgIpc) is 2.62. The van der Waals surface area contributed by atoms with Crippen LogP contribution < -0.4 is 5.32 Å². The lowest BCUT2D eigenvalue weighted by Gasteiger charge is -2.22. The van der Waals surface area contributed by atoms with E-state index in [1.54, 1.807) is 10.9 Å². The van der Waals surface area contributed by atoms with Crippen molar-refractivity contribution in [1.82, 2.24) is 20.0 Å². The Kier molecular flexibility index (Phi) is 4.33. The van der Waals surface area contributed by atoms with Gasteiger partial charge in [-0.3, -0.25) is 9.58 Å². The summed E-state index contributed by atoms with van der Waals surface area (Å²) in [6, 6.07) is 1.88. The number of hydrogen-bond donors (Lipinski definition) is 2. The van der Waals surface area contributed by atoms with Crippen LogP contribution in [0.25, 0.3) is 0 Å². The van der Waals surface area contributed by atoms with Crippen LogP contribution in [0.15, 0.2) is 18.5 Å². The van der Waals surface area contributed by atoms with E-state index in [4.69, 9.17) is 0 Å². The van der Waals surface area contributed by atoms with E-state index in [0.717, 1.165) is 39.1 Å². The molecule has 1 fully saturated rings. The molecule has 0 saturated carbocycles. The third-order valence-corrected chi connectivity index (χ3v) is 2.86. The molecule has 1 aromatic rings. The summed E-state index contributed by atoms with van der Waals surface area (Å²) in [6.45, 7) is 5.53. The maximum absolute atomic E-state index is 9.94. The highest BCUT2D eigenvalue weighted by Gasteiger charge is 2.13. The number of aliphatic hydroxyl groups is 1. The predicted molar refractivity (Wildman–Crippen MR) is 62.2 cm³/mol. The lowest BCUT2D eigenvalue weighted by molar-refractivity contribution is 0.0979. The van der Waals surface area contributed by atoms with Crippen LogP contribution >= 0.6 is 0 Å². The summed E-state index contributed by atoms with van der Waals surface area (Å²) in [4.78, 5) is 2.31. The van der Waals surface area contributed by atoms with Gasteiger partial charge in [0.25, 0.3) is 0 Å². The minimum absolute atomic E-state index is 0.335. The summed E-state index contributed by atoms with van der Waals surface area (Å²) in [6.07, 6.45) is 4.45. The fraction of sp³-hybridized carbons (Fsp3) is 0.727. The highest BCUT2D eigenvalue weighted by molar-refractivity contribution is 4.79. The molecule has 90 valence electrons. The second-order valence-electron chi connectivity index (χ2n) is 4.29. The van der Waals surface area contributed by atoms with Crippen LogP contribution in [-0.4, -0.2) is 58.6 Å². The molecule has 1 aromatic heterocycles. The van der Waals surface area contributed by atoms with Crippen molar-refractivity contribution in [2.75, 3.05) is 32.7 Å². The second kappa shape index (κ2) is 5.98. The van der Waals surface area contributed by atoms with Crippen molar-refractivity contribution in [2.45, 2.75) is 19.1 Å². The molecule has 2 N–H and O–H groups in total. The van der Waals surface area contributed by atoms with Gasteiger partial charge in [-0.15, -0.1) is 0 Å². The summed E-state index contributed by atoms with van der Waals surface area (Å²) < 4.78 is 1.78. The van der Waals surface area contributed by atoms with E-state index in [0.29, 0.717) is 6.54 Å². The molecule has 0 amide bonds. The fourth-order valence-corrected chi connectivity index (χ4v) is 2.06. The summed E-state index contributed by atoms with van der Waals surface area (Å²) in [5, 5.41) is 17.4. The van der Waals surface area contributed by atoms with Gasteiger partial charge in [0.1, 0.15) is 0 Å². The van der Waals surface area contributed by atoms with E-state index in [2.05, 4.69) is 15.3 Å². The quantitative estimate of drug-likeness (QED) is 0.726. The van der Waals surface area contributed by atoms with E-state index in [9.17, 15) is 5.11 Å². The van der Waals surface area contributed by atoms with Gasteiger partial charge < -0.3 is 10.4 Å². The minimum atomic E-state index is -0.335. The molecule has 5 nitrogen and oxygen atoms in total. The Morgan fingerprint density at radius 2 is 2.25 bits per heavy atom. The molecule has 1 atom stereocenters. The van der Waals surface area contributed by atoms with Crippen LogP contribution in [0.4, 0.5) is 0 Å². The smallest absolute Gasteiger partial charge is 0.0862 e. The van der Waals surface area contributed by atoms with Gasteiger partial charge in [-0.2, -0.15) is 5.10 Å². The van der Waals surface area contributed by atoms with Crippen molar-refractivity contribution in [3.05, 3.63) is 18.5 Å². The fourth-order valence-electron chi connectivity index (χ4n) is 2.06. The first kappa shape index (κ1) is 11.6. The Morgan fingerprint density at radius 3 is 3.06 bits per heavy atom. The molecule has 0 radical (unpaired) electrons. The van der Waals surface area contributed by atoms with Gasteiger partial charge in [-0.05, 0) is 25.6 Å². The van der Waals surface area contributed by atoms with Gasteiger partial charge in [0.05, 0.1) is 12.6 Å². The molecule has 0 aliphatic carbocycles. The van der Waals surface area contributed by atoms with Crippen molar-refractivity contribution in [3.63, 3.8) is 0 Å². The molecule has 2 heterocycles. The molecule has 0 bridgehead atoms. The third-order valence-electron chi connectivity index (χ3n) is 2.86. The first-order valence-electron chi connectivity index (χ1n) is 5.93. The van der Waals surface area contributed by atoms with Crippen molar-refractivity contribution >= 4 is 0 Å². The number of rotatable bonds is 4. The zero-order valence-electron chi connectivity index (χ0n) is 9.55. The highest BCUT2D eigenvalue weighted by atomic mass is 16.3.